The van der Waals surface area contributed by atoms with Crippen molar-refractivity contribution in [1.29, 1.82) is 0 Å². The van der Waals surface area contributed by atoms with Gasteiger partial charge in [-0.05, 0) is 35.9 Å². The fraction of sp³-hybridized carbons (Fsp3) is 0.346. The predicted molar refractivity (Wildman–Crippen MR) is 134 cm³/mol. The van der Waals surface area contributed by atoms with Gasteiger partial charge in [-0.15, -0.1) is 0 Å². The highest BCUT2D eigenvalue weighted by Gasteiger charge is 2.19. The lowest BCUT2D eigenvalue weighted by molar-refractivity contribution is -0.115. The number of fused-ring (bicyclic) bond motifs is 1. The first kappa shape index (κ1) is 23.5. The number of aromatic nitrogens is 3. The quantitative estimate of drug-likeness (QED) is 0.414. The molecule has 0 saturated carbocycles. The van der Waals surface area contributed by atoms with Crippen molar-refractivity contribution in [2.45, 2.75) is 32.6 Å². The van der Waals surface area contributed by atoms with Gasteiger partial charge in [-0.25, -0.2) is 4.98 Å². The van der Waals surface area contributed by atoms with Crippen LogP contribution in [0.1, 0.15) is 32.0 Å². The summed E-state index contributed by atoms with van der Waals surface area (Å²) in [6.07, 6.45) is 2.07. The summed E-state index contributed by atoms with van der Waals surface area (Å²) in [6.45, 7) is 7.61. The lowest BCUT2D eigenvalue weighted by Crippen LogP contribution is -2.21. The van der Waals surface area contributed by atoms with Gasteiger partial charge in [0.2, 0.25) is 11.8 Å². The molecule has 0 aliphatic rings. The van der Waals surface area contributed by atoms with Crippen molar-refractivity contribution in [2.75, 3.05) is 37.5 Å². The zero-order valence-electron chi connectivity index (χ0n) is 20.3. The molecule has 0 aliphatic heterocycles. The van der Waals surface area contributed by atoms with Crippen LogP contribution in [0.2, 0.25) is 0 Å². The van der Waals surface area contributed by atoms with E-state index < -0.39 is 0 Å². The Labute approximate surface area is 199 Å². The normalized spacial score (nSPS) is 11.7. The van der Waals surface area contributed by atoms with E-state index in [2.05, 4.69) is 38.6 Å². The van der Waals surface area contributed by atoms with Crippen molar-refractivity contribution in [1.82, 2.24) is 14.7 Å². The molecule has 0 unspecified atom stereocenters. The molecule has 0 saturated heterocycles. The molecule has 0 fully saturated rings. The predicted octanol–water partition coefficient (Wildman–Crippen LogP) is 4.57. The molecule has 1 N–H and O–H groups in total. The van der Waals surface area contributed by atoms with Gasteiger partial charge in [-0.3, -0.25) is 14.7 Å². The molecule has 0 atom stereocenters. The number of nitrogens with one attached hydrogen (secondary N) is 1. The number of anilines is 2. The molecule has 2 aromatic heterocycles. The van der Waals surface area contributed by atoms with Crippen molar-refractivity contribution >= 4 is 28.5 Å². The van der Waals surface area contributed by atoms with E-state index >= 15 is 0 Å². The Hall–Kier alpha value is -3.65. The zero-order chi connectivity index (χ0) is 24.3. The summed E-state index contributed by atoms with van der Waals surface area (Å²) in [4.78, 5) is 19.2. The first-order valence-corrected chi connectivity index (χ1v) is 11.3. The van der Waals surface area contributed by atoms with Crippen LogP contribution in [0.4, 0.5) is 11.6 Å². The Morgan fingerprint density at radius 2 is 1.91 bits per heavy atom. The molecular weight excluding hydrogens is 430 g/mol. The molecule has 34 heavy (non-hydrogen) atoms. The third kappa shape index (κ3) is 5.28. The van der Waals surface area contributed by atoms with Gasteiger partial charge in [0.15, 0.2) is 0 Å². The number of rotatable bonds is 8. The van der Waals surface area contributed by atoms with Crippen LogP contribution in [0, 0.1) is 0 Å². The van der Waals surface area contributed by atoms with Crippen LogP contribution in [0.5, 0.6) is 0 Å². The van der Waals surface area contributed by atoms with Crippen LogP contribution < -0.4 is 10.2 Å². The molecule has 178 valence electrons. The number of hydrogen-bond donors (Lipinski definition) is 1. The number of hydrogen-bond acceptors (Lipinski definition) is 6. The monoisotopic (exact) mass is 461 g/mol. The third-order valence-corrected chi connectivity index (χ3v) is 5.72. The van der Waals surface area contributed by atoms with Crippen molar-refractivity contribution in [3.63, 3.8) is 0 Å². The van der Waals surface area contributed by atoms with Gasteiger partial charge in [0, 0.05) is 43.6 Å². The van der Waals surface area contributed by atoms with Crippen LogP contribution in [-0.4, -0.2) is 47.9 Å². The van der Waals surface area contributed by atoms with E-state index in [9.17, 15) is 4.79 Å². The number of ether oxygens (including phenoxy) is 1. The second-order valence-electron chi connectivity index (χ2n) is 9.42. The summed E-state index contributed by atoms with van der Waals surface area (Å²) < 4.78 is 12.5. The average molecular weight is 462 g/mol. The molecule has 2 heterocycles. The molecule has 4 rings (SSSR count). The zero-order valence-corrected chi connectivity index (χ0v) is 20.3. The molecule has 4 aromatic rings. The number of nitrogens with zero attached hydrogens (tertiary/aromatic N) is 4. The van der Waals surface area contributed by atoms with Crippen LogP contribution in [0.15, 0.2) is 59.4 Å². The van der Waals surface area contributed by atoms with Gasteiger partial charge in [0.1, 0.15) is 6.33 Å². The third-order valence-electron chi connectivity index (χ3n) is 5.72. The minimum atomic E-state index is -0.150. The minimum absolute atomic E-state index is 0.138. The van der Waals surface area contributed by atoms with Gasteiger partial charge in [-0.1, -0.05) is 38.1 Å². The van der Waals surface area contributed by atoms with Crippen molar-refractivity contribution < 1.29 is 14.1 Å². The van der Waals surface area contributed by atoms with E-state index in [1.54, 1.807) is 13.2 Å². The number of carbonyl (C=O) groups is 1. The van der Waals surface area contributed by atoms with Crippen molar-refractivity contribution in [3.8, 4) is 5.69 Å². The highest BCUT2D eigenvalue weighted by molar-refractivity contribution is 5.91. The van der Waals surface area contributed by atoms with Crippen LogP contribution >= 0.6 is 0 Å². The van der Waals surface area contributed by atoms with Gasteiger partial charge < -0.3 is 14.2 Å². The molecular formula is C26H31N5O3. The van der Waals surface area contributed by atoms with E-state index in [1.807, 2.05) is 63.0 Å². The van der Waals surface area contributed by atoms with E-state index in [0.717, 1.165) is 40.2 Å². The summed E-state index contributed by atoms with van der Waals surface area (Å²) in [5.41, 5.74) is 5.59. The van der Waals surface area contributed by atoms with Crippen molar-refractivity contribution in [2.24, 2.45) is 0 Å². The first-order valence-electron chi connectivity index (χ1n) is 11.3. The largest absolute Gasteiger partial charge is 0.383 e. The topological polar surface area (TPSA) is 85.4 Å². The molecule has 0 radical (unpaired) electrons. The average Bonchev–Trinajstić information content (AvgIpc) is 3.44. The summed E-state index contributed by atoms with van der Waals surface area (Å²) in [5, 5.41) is 6.81. The standard InChI is InChI=1S/C26H31N5O3/c1-26(2,3)23-16-25(34-29-23)28-24(32)14-18-6-8-19(9-7-18)31-17-27-21-15-20(10-11-22(21)31)30(4)12-13-33-5/h6-11,15-17H,12-14H2,1-5H3,(H,28,32). The molecule has 2 aromatic carbocycles. The van der Waals surface area contributed by atoms with Crippen LogP contribution in [0.3, 0.4) is 0 Å². The highest BCUT2D eigenvalue weighted by atomic mass is 16.5. The maximum absolute atomic E-state index is 12.5. The fourth-order valence-corrected chi connectivity index (χ4v) is 3.63. The summed E-state index contributed by atoms with van der Waals surface area (Å²) in [5.74, 6) is 0.214. The number of imidazole rings is 1. The second kappa shape index (κ2) is 9.69. The Morgan fingerprint density at radius 1 is 1.15 bits per heavy atom. The summed E-state index contributed by atoms with van der Waals surface area (Å²) in [6, 6.07) is 15.9. The number of methoxy groups -OCH3 is 1. The smallest absolute Gasteiger partial charge is 0.231 e. The van der Waals surface area contributed by atoms with E-state index in [1.165, 1.54) is 0 Å². The van der Waals surface area contributed by atoms with E-state index in [-0.39, 0.29) is 17.7 Å². The Balaban J connectivity index is 1.43. The molecule has 8 nitrogen and oxygen atoms in total. The van der Waals surface area contributed by atoms with E-state index in [4.69, 9.17) is 9.26 Å². The summed E-state index contributed by atoms with van der Waals surface area (Å²) >= 11 is 0. The lowest BCUT2D eigenvalue weighted by atomic mass is 9.92. The molecule has 0 aliphatic carbocycles. The van der Waals surface area contributed by atoms with Crippen LogP contribution in [0.25, 0.3) is 16.7 Å². The first-order chi connectivity index (χ1) is 16.2. The van der Waals surface area contributed by atoms with Gasteiger partial charge >= 0.3 is 0 Å². The Morgan fingerprint density at radius 3 is 2.59 bits per heavy atom. The maximum atomic E-state index is 12.5. The Kier molecular flexibility index (Phi) is 6.70. The Bertz CT molecular complexity index is 1270. The van der Waals surface area contributed by atoms with Crippen molar-refractivity contribution in [3.05, 3.63) is 66.1 Å². The molecule has 0 bridgehead atoms. The van der Waals surface area contributed by atoms with Gasteiger partial charge in [0.25, 0.3) is 0 Å². The van der Waals surface area contributed by atoms with E-state index in [0.29, 0.717) is 12.5 Å². The minimum Gasteiger partial charge on any atom is -0.383 e. The fourth-order valence-electron chi connectivity index (χ4n) is 3.63. The molecule has 1 amide bonds. The second-order valence-corrected chi connectivity index (χ2v) is 9.42. The molecule has 0 spiro atoms. The maximum Gasteiger partial charge on any atom is 0.231 e. The van der Waals surface area contributed by atoms with Gasteiger partial charge in [0.05, 0.1) is 29.8 Å². The number of benzene rings is 2. The SMILES string of the molecule is COCCN(C)c1ccc2c(c1)ncn2-c1ccc(CC(=O)Nc2cc(C(C)(C)C)no2)cc1. The molecule has 8 heteroatoms. The lowest BCUT2D eigenvalue weighted by Gasteiger charge is -2.18. The number of amides is 1. The number of carbonyl (C=O) groups excluding carboxylic acids is 1. The van der Waals surface area contributed by atoms with Gasteiger partial charge in [-0.2, -0.15) is 0 Å². The summed E-state index contributed by atoms with van der Waals surface area (Å²) in [7, 11) is 3.74. The highest BCUT2D eigenvalue weighted by Crippen LogP contribution is 2.25. The number of likely N-dealkylation sites (N-methyl/N-ethyl adjacent to an activating group) is 1. The van der Waals surface area contributed by atoms with Crippen LogP contribution in [-0.2, 0) is 21.4 Å².